The fraction of sp³-hybridized carbons (Fsp3) is 0.250. The summed E-state index contributed by atoms with van der Waals surface area (Å²) < 4.78 is 14.9. The Balaban J connectivity index is 2.47. The van der Waals surface area contributed by atoms with Crippen molar-refractivity contribution in [3.05, 3.63) is 52.6 Å². The predicted molar refractivity (Wildman–Crippen MR) is 65.5 cm³/mol. The van der Waals surface area contributed by atoms with Crippen LogP contribution in [-0.4, -0.2) is 16.8 Å². The maximum Gasteiger partial charge on any atom is 0.123 e. The van der Waals surface area contributed by atoms with Gasteiger partial charge in [-0.2, -0.15) is 5.10 Å². The molecule has 0 saturated carbocycles. The van der Waals surface area contributed by atoms with Gasteiger partial charge in [0.2, 0.25) is 0 Å². The van der Waals surface area contributed by atoms with Gasteiger partial charge in [0.1, 0.15) is 5.82 Å². The second kappa shape index (κ2) is 4.85. The maximum atomic E-state index is 13.2. The minimum atomic E-state index is -0.263. The maximum absolute atomic E-state index is 13.2. The van der Waals surface area contributed by atoms with Gasteiger partial charge in [-0.3, -0.25) is 4.68 Å². The molecular formula is C12H13ClFN3. The number of aromatic nitrogens is 2. The molecule has 0 aliphatic heterocycles. The van der Waals surface area contributed by atoms with Crippen LogP contribution in [-0.2, 0) is 7.05 Å². The first-order valence-electron chi connectivity index (χ1n) is 5.23. The van der Waals surface area contributed by atoms with E-state index in [9.17, 15) is 4.39 Å². The van der Waals surface area contributed by atoms with Gasteiger partial charge >= 0.3 is 0 Å². The van der Waals surface area contributed by atoms with Crippen molar-refractivity contribution >= 4 is 11.6 Å². The molecule has 0 aliphatic carbocycles. The van der Waals surface area contributed by atoms with Gasteiger partial charge < -0.3 is 5.32 Å². The summed E-state index contributed by atoms with van der Waals surface area (Å²) in [5.41, 5.74) is 1.64. The Morgan fingerprint density at radius 1 is 1.47 bits per heavy atom. The van der Waals surface area contributed by atoms with E-state index in [0.717, 1.165) is 11.3 Å². The van der Waals surface area contributed by atoms with E-state index in [4.69, 9.17) is 11.6 Å². The first-order valence-corrected chi connectivity index (χ1v) is 5.61. The lowest BCUT2D eigenvalue weighted by molar-refractivity contribution is 0.591. The van der Waals surface area contributed by atoms with Gasteiger partial charge in [0.05, 0.1) is 23.0 Å². The van der Waals surface area contributed by atoms with Crippen LogP contribution in [0.2, 0.25) is 5.02 Å². The molecule has 1 aromatic heterocycles. The van der Waals surface area contributed by atoms with Crippen molar-refractivity contribution < 1.29 is 4.39 Å². The smallest absolute Gasteiger partial charge is 0.123 e. The van der Waals surface area contributed by atoms with Gasteiger partial charge in [-0.05, 0) is 24.7 Å². The van der Waals surface area contributed by atoms with Crippen LogP contribution < -0.4 is 5.32 Å². The van der Waals surface area contributed by atoms with Gasteiger partial charge in [0.15, 0.2) is 0 Å². The number of nitrogens with zero attached hydrogens (tertiary/aromatic N) is 2. The average Bonchev–Trinajstić information content (AvgIpc) is 2.62. The molecule has 1 N–H and O–H groups in total. The highest BCUT2D eigenvalue weighted by molar-refractivity contribution is 6.31. The Hall–Kier alpha value is -1.39. The highest BCUT2D eigenvalue weighted by Crippen LogP contribution is 2.27. The predicted octanol–water partition coefficient (Wildman–Crippen LogP) is 2.52. The Morgan fingerprint density at radius 2 is 2.24 bits per heavy atom. The average molecular weight is 254 g/mol. The van der Waals surface area contributed by atoms with E-state index in [0.29, 0.717) is 5.02 Å². The van der Waals surface area contributed by atoms with Crippen LogP contribution >= 0.6 is 11.6 Å². The highest BCUT2D eigenvalue weighted by atomic mass is 35.5. The van der Waals surface area contributed by atoms with Gasteiger partial charge in [-0.25, -0.2) is 4.39 Å². The normalized spacial score (nSPS) is 12.7. The molecule has 0 bridgehead atoms. The van der Waals surface area contributed by atoms with Crippen molar-refractivity contribution in [1.82, 2.24) is 15.1 Å². The van der Waals surface area contributed by atoms with E-state index in [1.807, 2.05) is 13.1 Å². The van der Waals surface area contributed by atoms with Gasteiger partial charge in [0, 0.05) is 7.05 Å². The minimum absolute atomic E-state index is 0.175. The van der Waals surface area contributed by atoms with Crippen molar-refractivity contribution in [3.63, 3.8) is 0 Å². The molecule has 0 amide bonds. The van der Waals surface area contributed by atoms with Crippen LogP contribution in [0.3, 0.4) is 0 Å². The summed E-state index contributed by atoms with van der Waals surface area (Å²) in [5.74, 6) is -0.263. The number of benzene rings is 1. The topological polar surface area (TPSA) is 29.9 Å². The molecule has 1 atom stereocenters. The number of rotatable bonds is 3. The summed E-state index contributed by atoms with van der Waals surface area (Å²) in [4.78, 5) is 0. The molecule has 0 spiro atoms. The lowest BCUT2D eigenvalue weighted by Crippen LogP contribution is -2.21. The second-order valence-corrected chi connectivity index (χ2v) is 4.19. The molecule has 1 aromatic carbocycles. The summed E-state index contributed by atoms with van der Waals surface area (Å²) in [5, 5.41) is 7.77. The lowest BCUT2D eigenvalue weighted by atomic mass is 10.0. The largest absolute Gasteiger partial charge is 0.308 e. The minimum Gasteiger partial charge on any atom is -0.308 e. The fourth-order valence-electron chi connectivity index (χ4n) is 1.89. The van der Waals surface area contributed by atoms with Gasteiger partial charge in [-0.15, -0.1) is 0 Å². The zero-order valence-electron chi connectivity index (χ0n) is 9.61. The molecule has 3 nitrogen and oxygen atoms in total. The molecule has 5 heteroatoms. The highest BCUT2D eigenvalue weighted by Gasteiger charge is 2.19. The first-order chi connectivity index (χ1) is 8.13. The molecule has 0 fully saturated rings. The van der Waals surface area contributed by atoms with Crippen molar-refractivity contribution in [2.45, 2.75) is 6.04 Å². The van der Waals surface area contributed by atoms with E-state index in [1.165, 1.54) is 12.1 Å². The molecule has 1 unspecified atom stereocenters. The van der Waals surface area contributed by atoms with Crippen molar-refractivity contribution in [2.75, 3.05) is 7.05 Å². The van der Waals surface area contributed by atoms with Crippen molar-refractivity contribution in [2.24, 2.45) is 7.05 Å². The van der Waals surface area contributed by atoms with Crippen LogP contribution in [0.1, 0.15) is 17.3 Å². The Kier molecular flexibility index (Phi) is 3.45. The Morgan fingerprint density at radius 3 is 2.76 bits per heavy atom. The summed E-state index contributed by atoms with van der Waals surface area (Å²) in [6, 6.07) is 6.27. The number of hydrogen-bond acceptors (Lipinski definition) is 2. The third kappa shape index (κ3) is 2.33. The van der Waals surface area contributed by atoms with Crippen LogP contribution in [0.4, 0.5) is 4.39 Å². The number of nitrogens with one attached hydrogen (secondary N) is 1. The zero-order valence-corrected chi connectivity index (χ0v) is 10.4. The third-order valence-corrected chi connectivity index (χ3v) is 2.97. The first kappa shape index (κ1) is 12.1. The summed E-state index contributed by atoms with van der Waals surface area (Å²) >= 11 is 6.09. The van der Waals surface area contributed by atoms with Crippen LogP contribution in [0.15, 0.2) is 30.5 Å². The molecular weight excluding hydrogens is 241 g/mol. The van der Waals surface area contributed by atoms with Gasteiger partial charge in [0.25, 0.3) is 0 Å². The number of halogens is 2. The zero-order chi connectivity index (χ0) is 12.4. The summed E-state index contributed by atoms with van der Waals surface area (Å²) in [7, 11) is 3.61. The molecule has 0 saturated heterocycles. The number of aryl methyl sites for hydroxylation is 1. The molecule has 0 aliphatic rings. The van der Waals surface area contributed by atoms with E-state index in [2.05, 4.69) is 10.4 Å². The van der Waals surface area contributed by atoms with Crippen LogP contribution in [0.25, 0.3) is 0 Å². The lowest BCUT2D eigenvalue weighted by Gasteiger charge is -2.17. The standard InChI is InChI=1S/C12H13ClFN3/c1-15-11(8-4-3-5-9(14)6-8)12-10(13)7-16-17(12)2/h3-7,11,15H,1-2H3. The molecule has 90 valence electrons. The van der Waals surface area contributed by atoms with Gasteiger partial charge in [-0.1, -0.05) is 23.7 Å². The van der Waals surface area contributed by atoms with Crippen molar-refractivity contribution in [3.8, 4) is 0 Å². The fourth-order valence-corrected chi connectivity index (χ4v) is 2.17. The summed E-state index contributed by atoms with van der Waals surface area (Å²) in [6.45, 7) is 0. The van der Waals surface area contributed by atoms with Crippen molar-refractivity contribution in [1.29, 1.82) is 0 Å². The quantitative estimate of drug-likeness (QED) is 0.911. The molecule has 2 aromatic rings. The molecule has 1 heterocycles. The summed E-state index contributed by atoms with van der Waals surface area (Å²) in [6.07, 6.45) is 1.58. The second-order valence-electron chi connectivity index (χ2n) is 3.78. The Bertz CT molecular complexity index is 505. The molecule has 17 heavy (non-hydrogen) atoms. The van der Waals surface area contributed by atoms with Crippen LogP contribution in [0.5, 0.6) is 0 Å². The van der Waals surface area contributed by atoms with E-state index < -0.39 is 0 Å². The molecule has 0 radical (unpaired) electrons. The SMILES string of the molecule is CNC(c1cccc(F)c1)c1c(Cl)cnn1C. The van der Waals surface area contributed by atoms with E-state index in [1.54, 1.807) is 24.0 Å². The third-order valence-electron chi connectivity index (χ3n) is 2.68. The molecule has 2 rings (SSSR count). The Labute approximate surface area is 104 Å². The van der Waals surface area contributed by atoms with E-state index in [-0.39, 0.29) is 11.9 Å². The van der Waals surface area contributed by atoms with Crippen LogP contribution in [0, 0.1) is 5.82 Å². The monoisotopic (exact) mass is 253 g/mol. The van der Waals surface area contributed by atoms with E-state index >= 15 is 0 Å². The number of hydrogen-bond donors (Lipinski definition) is 1.